The maximum absolute atomic E-state index is 12.3. The van der Waals surface area contributed by atoms with Crippen LogP contribution >= 0.6 is 0 Å². The van der Waals surface area contributed by atoms with Gasteiger partial charge in [0.25, 0.3) is 5.56 Å². The summed E-state index contributed by atoms with van der Waals surface area (Å²) >= 11 is 0. The summed E-state index contributed by atoms with van der Waals surface area (Å²) in [4.78, 5) is 19.7. The third-order valence-corrected chi connectivity index (χ3v) is 3.59. The average Bonchev–Trinajstić information content (AvgIpc) is 2.97. The molecule has 2 N–H and O–H groups in total. The molecule has 24 heavy (non-hydrogen) atoms. The Kier molecular flexibility index (Phi) is 7.18. The quantitative estimate of drug-likeness (QED) is 0.669. The van der Waals surface area contributed by atoms with Crippen LogP contribution in [0.25, 0.3) is 22.4 Å². The first-order valence-electron chi connectivity index (χ1n) is 7.94. The van der Waals surface area contributed by atoms with Crippen molar-refractivity contribution in [2.24, 2.45) is 0 Å². The SMILES string of the molecule is CCCOc1ccccc1-c1nc2c(CCC)[nH]nc2c(=O)[nH]1.[K]. The summed E-state index contributed by atoms with van der Waals surface area (Å²) in [6.45, 7) is 4.75. The third-order valence-electron chi connectivity index (χ3n) is 3.59. The van der Waals surface area contributed by atoms with Crippen LogP contribution in [-0.2, 0) is 6.42 Å². The van der Waals surface area contributed by atoms with Gasteiger partial charge in [-0.1, -0.05) is 32.4 Å². The summed E-state index contributed by atoms with van der Waals surface area (Å²) in [6.07, 6.45) is 2.68. The van der Waals surface area contributed by atoms with E-state index in [0.717, 1.165) is 36.3 Å². The third kappa shape index (κ3) is 3.97. The second-order valence-corrected chi connectivity index (χ2v) is 5.41. The molecule has 0 saturated carbocycles. The topological polar surface area (TPSA) is 83.7 Å². The van der Waals surface area contributed by atoms with Crippen LogP contribution in [-0.4, -0.2) is 78.2 Å². The van der Waals surface area contributed by atoms with E-state index in [1.807, 2.05) is 24.3 Å². The Morgan fingerprint density at radius 2 is 1.92 bits per heavy atom. The maximum atomic E-state index is 12.3. The van der Waals surface area contributed by atoms with Crippen LogP contribution in [0.15, 0.2) is 29.1 Å². The van der Waals surface area contributed by atoms with Crippen molar-refractivity contribution in [1.29, 1.82) is 0 Å². The van der Waals surface area contributed by atoms with Gasteiger partial charge in [-0.05, 0) is 25.0 Å². The molecule has 0 aliphatic carbocycles. The van der Waals surface area contributed by atoms with E-state index >= 15 is 0 Å². The molecule has 0 fully saturated rings. The predicted octanol–water partition coefficient (Wildman–Crippen LogP) is 2.67. The Hall–Kier alpha value is -0.994. The summed E-state index contributed by atoms with van der Waals surface area (Å²) < 4.78 is 5.77. The number of hydrogen-bond donors (Lipinski definition) is 2. The predicted molar refractivity (Wildman–Crippen MR) is 95.5 cm³/mol. The van der Waals surface area contributed by atoms with Gasteiger partial charge in [0.2, 0.25) is 0 Å². The van der Waals surface area contributed by atoms with E-state index in [4.69, 9.17) is 4.74 Å². The molecule has 3 rings (SSSR count). The van der Waals surface area contributed by atoms with Gasteiger partial charge in [-0.3, -0.25) is 9.89 Å². The van der Waals surface area contributed by atoms with E-state index < -0.39 is 0 Å². The van der Waals surface area contributed by atoms with Gasteiger partial charge in [0.15, 0.2) is 5.52 Å². The van der Waals surface area contributed by atoms with Gasteiger partial charge >= 0.3 is 0 Å². The van der Waals surface area contributed by atoms with Crippen molar-refractivity contribution in [1.82, 2.24) is 20.2 Å². The fourth-order valence-corrected chi connectivity index (χ4v) is 2.51. The molecule has 2 aromatic heterocycles. The van der Waals surface area contributed by atoms with Crippen molar-refractivity contribution in [3.8, 4) is 17.1 Å². The Labute approximate surface area is 182 Å². The van der Waals surface area contributed by atoms with Crippen LogP contribution in [0, 0.1) is 0 Å². The minimum Gasteiger partial charge on any atom is -0.493 e. The maximum Gasteiger partial charge on any atom is 0.279 e. The van der Waals surface area contributed by atoms with Crippen LogP contribution in [0.3, 0.4) is 0 Å². The number of aromatic amines is 2. The van der Waals surface area contributed by atoms with Crippen LogP contribution in [0.1, 0.15) is 32.4 Å². The number of ether oxygens (including phenoxy) is 1. The molecule has 121 valence electrons. The van der Waals surface area contributed by atoms with E-state index in [0.29, 0.717) is 23.5 Å². The van der Waals surface area contributed by atoms with E-state index in [9.17, 15) is 4.79 Å². The number of para-hydroxylation sites is 1. The normalized spacial score (nSPS) is 10.6. The van der Waals surface area contributed by atoms with Crippen LogP contribution in [0.4, 0.5) is 0 Å². The van der Waals surface area contributed by atoms with E-state index in [2.05, 4.69) is 34.0 Å². The molecule has 6 nitrogen and oxygen atoms in total. The summed E-state index contributed by atoms with van der Waals surface area (Å²) in [7, 11) is 0. The van der Waals surface area contributed by atoms with Crippen molar-refractivity contribution >= 4 is 62.4 Å². The Balaban J connectivity index is 0.00000208. The van der Waals surface area contributed by atoms with E-state index in [-0.39, 0.29) is 56.9 Å². The van der Waals surface area contributed by atoms with E-state index in [1.165, 1.54) is 0 Å². The molecule has 0 bridgehead atoms. The fourth-order valence-electron chi connectivity index (χ4n) is 2.51. The van der Waals surface area contributed by atoms with Crippen LogP contribution in [0.2, 0.25) is 0 Å². The van der Waals surface area contributed by atoms with Crippen LogP contribution in [0.5, 0.6) is 5.75 Å². The molecule has 0 aliphatic heterocycles. The van der Waals surface area contributed by atoms with E-state index in [1.54, 1.807) is 0 Å². The summed E-state index contributed by atoms with van der Waals surface area (Å²) in [6, 6.07) is 7.60. The molecule has 1 radical (unpaired) electrons. The molecular formula is C17H20KN4O2. The summed E-state index contributed by atoms with van der Waals surface area (Å²) in [5.41, 5.74) is 2.42. The average molecular weight is 351 g/mol. The first-order chi connectivity index (χ1) is 11.2. The summed E-state index contributed by atoms with van der Waals surface area (Å²) in [5, 5.41) is 7.00. The zero-order valence-corrected chi connectivity index (χ0v) is 17.5. The standard InChI is InChI=1S/C17H20N4O2.K/c1-3-7-12-14-15(21-20-12)17(22)19-16(18-14)11-8-5-6-9-13(11)23-10-4-2;/h5-6,8-9H,3-4,7,10H2,1-2H3,(H,20,21)(H,18,19,22);. The monoisotopic (exact) mass is 351 g/mol. The number of H-pyrrole nitrogens is 2. The number of aromatic nitrogens is 4. The first kappa shape index (κ1) is 19.3. The Morgan fingerprint density at radius 3 is 2.67 bits per heavy atom. The van der Waals surface area contributed by atoms with Crippen molar-refractivity contribution in [3.63, 3.8) is 0 Å². The largest absolute Gasteiger partial charge is 0.493 e. The smallest absolute Gasteiger partial charge is 0.279 e. The molecule has 0 unspecified atom stereocenters. The molecular weight excluding hydrogens is 331 g/mol. The zero-order chi connectivity index (χ0) is 16.2. The van der Waals surface area contributed by atoms with Crippen molar-refractivity contribution in [2.75, 3.05) is 6.61 Å². The molecule has 0 spiro atoms. The summed E-state index contributed by atoms with van der Waals surface area (Å²) in [5.74, 6) is 1.23. The van der Waals surface area contributed by atoms with Gasteiger partial charge in [0.1, 0.15) is 17.1 Å². The number of rotatable bonds is 6. The molecule has 0 aliphatic rings. The van der Waals surface area contributed by atoms with Crippen molar-refractivity contribution in [3.05, 3.63) is 40.3 Å². The molecule has 0 saturated heterocycles. The first-order valence-corrected chi connectivity index (χ1v) is 7.94. The molecule has 0 atom stereocenters. The van der Waals surface area contributed by atoms with Gasteiger partial charge in [-0.15, -0.1) is 0 Å². The van der Waals surface area contributed by atoms with Gasteiger partial charge in [-0.2, -0.15) is 5.10 Å². The molecule has 1 aromatic carbocycles. The molecule has 3 aromatic rings. The zero-order valence-electron chi connectivity index (χ0n) is 14.3. The number of hydrogen-bond acceptors (Lipinski definition) is 4. The molecule has 7 heteroatoms. The fraction of sp³-hybridized carbons (Fsp3) is 0.353. The second-order valence-electron chi connectivity index (χ2n) is 5.41. The van der Waals surface area contributed by atoms with Crippen molar-refractivity contribution in [2.45, 2.75) is 33.1 Å². The number of aryl methyl sites for hydroxylation is 1. The van der Waals surface area contributed by atoms with Gasteiger partial charge < -0.3 is 9.72 Å². The number of nitrogens with one attached hydrogen (secondary N) is 2. The minimum atomic E-state index is -0.242. The number of nitrogens with zero attached hydrogens (tertiary/aromatic N) is 2. The molecule has 2 heterocycles. The van der Waals surface area contributed by atoms with Gasteiger partial charge in [-0.25, -0.2) is 4.98 Å². The van der Waals surface area contributed by atoms with Gasteiger partial charge in [0, 0.05) is 51.4 Å². The number of fused-ring (bicyclic) bond motifs is 1. The van der Waals surface area contributed by atoms with Crippen LogP contribution < -0.4 is 10.3 Å². The minimum absolute atomic E-state index is 0. The Bertz CT molecular complexity index is 872. The van der Waals surface area contributed by atoms with Crippen molar-refractivity contribution < 1.29 is 4.74 Å². The Morgan fingerprint density at radius 1 is 1.12 bits per heavy atom. The van der Waals surface area contributed by atoms with Gasteiger partial charge in [0.05, 0.1) is 17.9 Å². The molecule has 0 amide bonds. The number of benzene rings is 1. The second kappa shape index (κ2) is 8.91.